The van der Waals surface area contributed by atoms with Gasteiger partial charge in [-0.25, -0.2) is 0 Å². The average Bonchev–Trinajstić information content (AvgIpc) is 2.32. The number of ketones is 1. The summed E-state index contributed by atoms with van der Waals surface area (Å²) >= 11 is 33.2. The Labute approximate surface area is 129 Å². The average molecular weight is 353 g/mol. The van der Waals surface area contributed by atoms with Crippen LogP contribution in [-0.4, -0.2) is 17.6 Å². The standard InChI is InChI=1S/C9H6Cl5NOS/c10-4-3(9(16)2(15)1-17)5(11)7(13)8(14)6(4)12/h2,17H,1,15H2/t2-/m0/s1. The number of nitrogens with two attached hydrogens (primary N) is 1. The molecule has 0 aliphatic rings. The molecular weight excluding hydrogens is 347 g/mol. The van der Waals surface area contributed by atoms with Crippen molar-refractivity contribution in [3.8, 4) is 0 Å². The van der Waals surface area contributed by atoms with Gasteiger partial charge in [-0.05, 0) is 0 Å². The quantitative estimate of drug-likeness (QED) is 0.366. The number of hydrogen-bond acceptors (Lipinski definition) is 3. The van der Waals surface area contributed by atoms with Gasteiger partial charge in [0.15, 0.2) is 5.78 Å². The summed E-state index contributed by atoms with van der Waals surface area (Å²) in [6, 6.07) is -0.846. The molecule has 17 heavy (non-hydrogen) atoms. The smallest absolute Gasteiger partial charge is 0.183 e. The van der Waals surface area contributed by atoms with Crippen LogP contribution >= 0.6 is 70.6 Å². The molecule has 0 heterocycles. The van der Waals surface area contributed by atoms with Gasteiger partial charge in [0.25, 0.3) is 0 Å². The third kappa shape index (κ3) is 2.98. The fourth-order valence-electron chi connectivity index (χ4n) is 1.09. The number of carbonyl (C=O) groups excluding carboxylic acids is 1. The van der Waals surface area contributed by atoms with Crippen LogP contribution in [0.5, 0.6) is 0 Å². The number of Topliss-reactive ketones (excluding diaryl/α,β-unsaturated/α-hetero) is 1. The highest BCUT2D eigenvalue weighted by Gasteiger charge is 2.26. The maximum Gasteiger partial charge on any atom is 0.183 e. The Kier molecular flexibility index (Phi) is 5.73. The molecule has 0 unspecified atom stereocenters. The summed E-state index contributed by atoms with van der Waals surface area (Å²) < 4.78 is 0. The first-order valence-electron chi connectivity index (χ1n) is 4.25. The molecule has 8 heteroatoms. The Balaban J connectivity index is 3.50. The van der Waals surface area contributed by atoms with Crippen LogP contribution in [0.1, 0.15) is 10.4 Å². The molecule has 1 aromatic rings. The predicted molar refractivity (Wildman–Crippen MR) is 77.7 cm³/mol. The van der Waals surface area contributed by atoms with E-state index in [9.17, 15) is 4.79 Å². The Bertz CT molecular complexity index is 450. The first-order valence-corrected chi connectivity index (χ1v) is 6.77. The largest absolute Gasteiger partial charge is 0.321 e. The van der Waals surface area contributed by atoms with Crippen LogP contribution in [0.25, 0.3) is 0 Å². The van der Waals surface area contributed by atoms with E-state index in [1.807, 2.05) is 0 Å². The van der Waals surface area contributed by atoms with Gasteiger partial charge >= 0.3 is 0 Å². The molecule has 1 atom stereocenters. The Morgan fingerprint density at radius 1 is 1.00 bits per heavy atom. The van der Waals surface area contributed by atoms with Crippen LogP contribution in [0.3, 0.4) is 0 Å². The van der Waals surface area contributed by atoms with Crippen LogP contribution < -0.4 is 5.73 Å². The van der Waals surface area contributed by atoms with E-state index in [1.54, 1.807) is 0 Å². The Morgan fingerprint density at radius 3 is 1.71 bits per heavy atom. The Morgan fingerprint density at radius 2 is 1.35 bits per heavy atom. The summed E-state index contributed by atoms with van der Waals surface area (Å²) in [5.41, 5.74) is 5.53. The number of rotatable bonds is 3. The highest BCUT2D eigenvalue weighted by Crippen LogP contribution is 2.44. The summed E-state index contributed by atoms with van der Waals surface area (Å²) in [5.74, 6) is -0.348. The second-order valence-electron chi connectivity index (χ2n) is 3.10. The van der Waals surface area contributed by atoms with Crippen molar-refractivity contribution >= 4 is 76.4 Å². The van der Waals surface area contributed by atoms with Gasteiger partial charge in [0.2, 0.25) is 0 Å². The fourth-order valence-corrected chi connectivity index (χ4v) is 2.58. The first-order chi connectivity index (χ1) is 7.82. The lowest BCUT2D eigenvalue weighted by molar-refractivity contribution is 0.0970. The minimum absolute atomic E-state index is 0.000622. The molecule has 0 saturated heterocycles. The van der Waals surface area contributed by atoms with Gasteiger partial charge in [0.05, 0.1) is 36.7 Å². The van der Waals surface area contributed by atoms with Crippen molar-refractivity contribution in [3.63, 3.8) is 0 Å². The zero-order valence-corrected chi connectivity index (χ0v) is 12.8. The molecule has 0 aliphatic carbocycles. The van der Waals surface area contributed by atoms with Crippen LogP contribution in [0.15, 0.2) is 0 Å². The van der Waals surface area contributed by atoms with E-state index >= 15 is 0 Å². The predicted octanol–water partition coefficient (Wildman–Crippen LogP) is 4.39. The van der Waals surface area contributed by atoms with E-state index < -0.39 is 11.8 Å². The van der Waals surface area contributed by atoms with Crippen LogP contribution in [-0.2, 0) is 0 Å². The molecule has 1 rings (SSSR count). The fraction of sp³-hybridized carbons (Fsp3) is 0.222. The normalized spacial score (nSPS) is 12.6. The van der Waals surface area contributed by atoms with Crippen molar-refractivity contribution < 1.29 is 4.79 Å². The van der Waals surface area contributed by atoms with E-state index in [1.165, 1.54) is 0 Å². The van der Waals surface area contributed by atoms with E-state index in [2.05, 4.69) is 12.6 Å². The van der Waals surface area contributed by atoms with Crippen molar-refractivity contribution in [2.75, 3.05) is 5.75 Å². The van der Waals surface area contributed by atoms with Gasteiger partial charge in [0.1, 0.15) is 0 Å². The number of thiol groups is 1. The van der Waals surface area contributed by atoms with Crippen LogP contribution in [0, 0.1) is 0 Å². The van der Waals surface area contributed by atoms with Crippen LogP contribution in [0.2, 0.25) is 25.1 Å². The molecule has 0 aromatic heterocycles. The summed E-state index contributed by atoms with van der Waals surface area (Å²) in [6.45, 7) is 0. The van der Waals surface area contributed by atoms with Gasteiger partial charge in [-0.15, -0.1) is 0 Å². The maximum atomic E-state index is 11.9. The molecule has 0 bridgehead atoms. The van der Waals surface area contributed by atoms with Gasteiger partial charge in [0, 0.05) is 5.75 Å². The van der Waals surface area contributed by atoms with Gasteiger partial charge in [-0.3, -0.25) is 4.79 Å². The summed E-state index contributed by atoms with van der Waals surface area (Å²) in [4.78, 5) is 11.9. The van der Waals surface area contributed by atoms with Crippen LogP contribution in [0.4, 0.5) is 0 Å². The first kappa shape index (κ1) is 15.7. The zero-order chi connectivity index (χ0) is 13.3. The van der Waals surface area contributed by atoms with Gasteiger partial charge in [-0.2, -0.15) is 12.6 Å². The molecule has 2 nitrogen and oxygen atoms in total. The van der Waals surface area contributed by atoms with Gasteiger partial charge in [-0.1, -0.05) is 58.0 Å². The van der Waals surface area contributed by atoms with Crippen molar-refractivity contribution in [1.29, 1.82) is 0 Å². The molecule has 0 fully saturated rings. The van der Waals surface area contributed by atoms with E-state index in [4.69, 9.17) is 63.7 Å². The summed E-state index contributed by atoms with van der Waals surface area (Å²) in [6.07, 6.45) is 0. The van der Waals surface area contributed by atoms with Crippen molar-refractivity contribution in [1.82, 2.24) is 0 Å². The molecule has 0 spiro atoms. The maximum absolute atomic E-state index is 11.9. The molecule has 0 saturated carbocycles. The Hall–Kier alpha value is 0.650. The molecule has 0 amide bonds. The number of halogens is 5. The minimum atomic E-state index is -0.846. The lowest BCUT2D eigenvalue weighted by atomic mass is 10.1. The zero-order valence-electron chi connectivity index (χ0n) is 8.11. The van der Waals surface area contributed by atoms with E-state index in [0.29, 0.717) is 0 Å². The third-order valence-electron chi connectivity index (χ3n) is 1.99. The highest BCUT2D eigenvalue weighted by atomic mass is 35.5. The number of benzene rings is 1. The molecular formula is C9H6Cl5NOS. The highest BCUT2D eigenvalue weighted by molar-refractivity contribution is 7.80. The SMILES string of the molecule is N[C@@H](CS)C(=O)c1c(Cl)c(Cl)c(Cl)c(Cl)c1Cl. The molecule has 0 aliphatic heterocycles. The molecule has 2 N–H and O–H groups in total. The number of hydrogen-bond donors (Lipinski definition) is 2. The van der Waals surface area contributed by atoms with Crippen molar-refractivity contribution in [3.05, 3.63) is 30.7 Å². The third-order valence-corrected chi connectivity index (χ3v) is 4.66. The summed E-state index contributed by atoms with van der Waals surface area (Å²) in [5, 5.41) is -0.184. The van der Waals surface area contributed by atoms with E-state index in [-0.39, 0.29) is 36.4 Å². The van der Waals surface area contributed by atoms with E-state index in [0.717, 1.165) is 0 Å². The molecule has 1 aromatic carbocycles. The number of carbonyl (C=O) groups is 1. The lowest BCUT2D eigenvalue weighted by Crippen LogP contribution is -2.32. The monoisotopic (exact) mass is 351 g/mol. The molecule has 94 valence electrons. The molecule has 0 radical (unpaired) electrons. The second-order valence-corrected chi connectivity index (χ2v) is 5.35. The van der Waals surface area contributed by atoms with Gasteiger partial charge < -0.3 is 5.73 Å². The summed E-state index contributed by atoms with van der Waals surface area (Å²) in [7, 11) is 0. The van der Waals surface area contributed by atoms with Crippen molar-refractivity contribution in [2.45, 2.75) is 6.04 Å². The van der Waals surface area contributed by atoms with Crippen molar-refractivity contribution in [2.24, 2.45) is 5.73 Å². The lowest BCUT2D eigenvalue weighted by Gasteiger charge is -2.14. The minimum Gasteiger partial charge on any atom is -0.321 e. The second kappa shape index (κ2) is 6.20. The topological polar surface area (TPSA) is 43.1 Å².